The van der Waals surface area contributed by atoms with E-state index in [2.05, 4.69) is 9.89 Å². The van der Waals surface area contributed by atoms with Gasteiger partial charge in [0.05, 0.1) is 31.2 Å². The Kier molecular flexibility index (Phi) is 6.31. The summed E-state index contributed by atoms with van der Waals surface area (Å²) in [5, 5.41) is 9.80. The lowest BCUT2D eigenvalue weighted by Crippen LogP contribution is -2.58. The molecular weight excluding hydrogens is 528 g/mol. The fourth-order valence-electron chi connectivity index (χ4n) is 5.96. The Balaban J connectivity index is 1.43. The second kappa shape index (κ2) is 9.72. The molecule has 3 aromatic carbocycles. The molecular formula is C29H26F4N4O3. The zero-order chi connectivity index (χ0) is 28.2. The number of aliphatic imine (C=N–C) groups is 1. The maximum atomic E-state index is 15.1. The van der Waals surface area contributed by atoms with Crippen molar-refractivity contribution in [3.63, 3.8) is 0 Å². The van der Waals surface area contributed by atoms with Crippen molar-refractivity contribution < 1.29 is 32.2 Å². The first-order valence-electron chi connectivity index (χ1n) is 12.9. The van der Waals surface area contributed by atoms with Gasteiger partial charge in [-0.25, -0.2) is 9.38 Å². The molecule has 6 rings (SSSR count). The van der Waals surface area contributed by atoms with E-state index in [1.165, 1.54) is 29.2 Å². The number of fused-ring (bicyclic) bond motifs is 4. The number of ether oxygens (including phenoxy) is 1. The van der Waals surface area contributed by atoms with Crippen molar-refractivity contribution in [3.05, 3.63) is 83.2 Å². The lowest BCUT2D eigenvalue weighted by atomic mass is 9.96. The van der Waals surface area contributed by atoms with Gasteiger partial charge in [-0.1, -0.05) is 24.3 Å². The topological polar surface area (TPSA) is 68.6 Å². The molecule has 0 amide bonds. The van der Waals surface area contributed by atoms with Crippen LogP contribution in [0.3, 0.4) is 0 Å². The molecule has 0 radical (unpaired) electrons. The van der Waals surface area contributed by atoms with Crippen LogP contribution in [-0.4, -0.2) is 54.7 Å². The number of methoxy groups -OCH3 is 1. The van der Waals surface area contributed by atoms with E-state index in [1.54, 1.807) is 13.2 Å². The highest BCUT2D eigenvalue weighted by Crippen LogP contribution is 2.44. The summed E-state index contributed by atoms with van der Waals surface area (Å²) < 4.78 is 61.6. The third-order valence-electron chi connectivity index (χ3n) is 7.76. The van der Waals surface area contributed by atoms with E-state index in [4.69, 9.17) is 4.74 Å². The smallest absolute Gasteiger partial charge is 0.416 e. The minimum Gasteiger partial charge on any atom is -0.497 e. The third-order valence-corrected chi connectivity index (χ3v) is 7.76. The molecule has 3 heterocycles. The number of benzene rings is 3. The van der Waals surface area contributed by atoms with E-state index in [9.17, 15) is 23.1 Å². The fraction of sp³-hybridized carbons (Fsp3) is 0.310. The Morgan fingerprint density at radius 1 is 1.10 bits per heavy atom. The number of nitrogens with zero attached hydrogens (tertiary/aromatic N) is 4. The molecule has 40 heavy (non-hydrogen) atoms. The molecule has 0 saturated carbocycles. The number of alkyl halides is 3. The number of halogens is 4. The van der Waals surface area contributed by atoms with Crippen LogP contribution in [0.5, 0.6) is 5.75 Å². The number of aliphatic carboxylic acids is 1. The zero-order valence-corrected chi connectivity index (χ0v) is 21.5. The first kappa shape index (κ1) is 26.0. The fourth-order valence-corrected chi connectivity index (χ4v) is 5.96. The van der Waals surface area contributed by atoms with E-state index >= 15 is 4.39 Å². The molecule has 11 heteroatoms. The van der Waals surface area contributed by atoms with Crippen molar-refractivity contribution in [1.82, 2.24) is 4.90 Å². The summed E-state index contributed by atoms with van der Waals surface area (Å²) in [7, 11) is 1.61. The molecule has 3 aliphatic rings. The predicted molar refractivity (Wildman–Crippen MR) is 142 cm³/mol. The van der Waals surface area contributed by atoms with Crippen LogP contribution < -0.4 is 14.5 Å². The van der Waals surface area contributed by atoms with Gasteiger partial charge in [0.2, 0.25) is 5.96 Å². The number of hydrogen-bond acceptors (Lipinski definition) is 6. The lowest BCUT2D eigenvalue weighted by molar-refractivity contribution is -0.138. The number of carboxylic acids is 1. The van der Waals surface area contributed by atoms with Gasteiger partial charge in [-0.2, -0.15) is 13.2 Å². The van der Waals surface area contributed by atoms with Gasteiger partial charge in [0, 0.05) is 42.6 Å². The molecule has 1 fully saturated rings. The average Bonchev–Trinajstić information content (AvgIpc) is 3.29. The van der Waals surface area contributed by atoms with Crippen LogP contribution in [0.4, 0.5) is 34.6 Å². The minimum absolute atomic E-state index is 0.00819. The van der Waals surface area contributed by atoms with Crippen LogP contribution in [0.15, 0.2) is 65.7 Å². The normalized spacial score (nSPS) is 20.0. The van der Waals surface area contributed by atoms with E-state index in [0.29, 0.717) is 25.2 Å². The van der Waals surface area contributed by atoms with E-state index in [0.717, 1.165) is 35.6 Å². The monoisotopic (exact) mass is 554 g/mol. The largest absolute Gasteiger partial charge is 0.497 e. The Labute approximate surface area is 227 Å². The van der Waals surface area contributed by atoms with E-state index in [1.807, 2.05) is 23.1 Å². The van der Waals surface area contributed by atoms with Crippen LogP contribution in [-0.2, 0) is 17.4 Å². The minimum atomic E-state index is -4.60. The van der Waals surface area contributed by atoms with E-state index < -0.39 is 36.0 Å². The third kappa shape index (κ3) is 4.48. The quantitative estimate of drug-likeness (QED) is 0.422. The molecule has 1 saturated heterocycles. The van der Waals surface area contributed by atoms with Crippen LogP contribution in [0.25, 0.3) is 0 Å². The lowest BCUT2D eigenvalue weighted by Gasteiger charge is -2.46. The van der Waals surface area contributed by atoms with Gasteiger partial charge in [-0.15, -0.1) is 0 Å². The number of hydrogen-bond donors (Lipinski definition) is 1. The van der Waals surface area contributed by atoms with Crippen molar-refractivity contribution in [2.24, 2.45) is 4.99 Å². The van der Waals surface area contributed by atoms with Gasteiger partial charge in [0.15, 0.2) is 0 Å². The maximum Gasteiger partial charge on any atom is 0.416 e. The molecule has 0 bridgehead atoms. The highest BCUT2D eigenvalue weighted by molar-refractivity contribution is 6.01. The zero-order valence-electron chi connectivity index (χ0n) is 21.5. The van der Waals surface area contributed by atoms with Crippen LogP contribution >= 0.6 is 0 Å². The van der Waals surface area contributed by atoms with Gasteiger partial charge < -0.3 is 24.5 Å². The molecule has 0 spiro atoms. The van der Waals surface area contributed by atoms with Gasteiger partial charge in [-0.05, 0) is 42.3 Å². The van der Waals surface area contributed by atoms with Gasteiger partial charge in [-0.3, -0.25) is 4.79 Å². The second-order valence-electron chi connectivity index (χ2n) is 10.1. The standard InChI is InChI=1S/C29H26F4N4O3/c1-40-21-9-8-17-12-20-16-35(10-11-36(20)24(17)14-21)28-34-27-22(6-3-7-23(27)30)25(15-26(38)39)37(28)19-5-2-4-18(13-19)29(31,32)33/h2-9,13-14,20,25H,10-12,15-16H2,1H3,(H,38,39). The predicted octanol–water partition coefficient (Wildman–Crippen LogP) is 5.62. The van der Waals surface area contributed by atoms with Gasteiger partial charge in [0.25, 0.3) is 0 Å². The summed E-state index contributed by atoms with van der Waals surface area (Å²) >= 11 is 0. The average molecular weight is 555 g/mol. The second-order valence-corrected chi connectivity index (χ2v) is 10.1. The Hall–Kier alpha value is -4.28. The number of piperazine rings is 1. The van der Waals surface area contributed by atoms with Crippen molar-refractivity contribution in [1.29, 1.82) is 0 Å². The maximum absolute atomic E-state index is 15.1. The molecule has 2 unspecified atom stereocenters. The molecule has 3 aliphatic heterocycles. The Morgan fingerprint density at radius 2 is 1.90 bits per heavy atom. The molecule has 1 N–H and O–H groups in total. The molecule has 2 atom stereocenters. The number of carboxylic acid groups (broad SMARTS) is 1. The SMILES string of the molecule is COc1ccc2c(c1)N1CCN(C3=Nc4c(F)cccc4C(CC(=O)O)N3c3cccc(C(F)(F)F)c3)CC1C2. The summed E-state index contributed by atoms with van der Waals surface area (Å²) in [6, 6.07) is 14.0. The number of rotatable bonds is 4. The summed E-state index contributed by atoms with van der Waals surface area (Å²) in [5.74, 6) is -0.800. The van der Waals surface area contributed by atoms with Crippen molar-refractivity contribution in [3.8, 4) is 5.75 Å². The molecule has 0 aromatic heterocycles. The summed E-state index contributed by atoms with van der Waals surface area (Å²) in [5.41, 5.74) is 1.82. The van der Waals surface area contributed by atoms with Crippen LogP contribution in [0, 0.1) is 5.82 Å². The highest BCUT2D eigenvalue weighted by atomic mass is 19.4. The number of guanidine groups is 1. The van der Waals surface area contributed by atoms with Crippen molar-refractivity contribution in [2.45, 2.75) is 31.1 Å². The van der Waals surface area contributed by atoms with E-state index in [-0.39, 0.29) is 23.4 Å². The van der Waals surface area contributed by atoms with Crippen molar-refractivity contribution >= 4 is 29.0 Å². The molecule has 7 nitrogen and oxygen atoms in total. The Morgan fingerprint density at radius 3 is 2.65 bits per heavy atom. The Bertz CT molecular complexity index is 1510. The number of para-hydroxylation sites is 1. The summed E-state index contributed by atoms with van der Waals surface area (Å²) in [4.78, 5) is 22.4. The molecule has 3 aromatic rings. The first-order chi connectivity index (χ1) is 19.1. The van der Waals surface area contributed by atoms with Gasteiger partial charge in [0.1, 0.15) is 17.3 Å². The van der Waals surface area contributed by atoms with Crippen LogP contribution in [0.1, 0.15) is 29.2 Å². The van der Waals surface area contributed by atoms with Gasteiger partial charge >= 0.3 is 12.1 Å². The first-order valence-corrected chi connectivity index (χ1v) is 12.9. The summed E-state index contributed by atoms with van der Waals surface area (Å²) in [6.07, 6.45) is -4.31. The van der Waals surface area contributed by atoms with Crippen molar-refractivity contribution in [2.75, 3.05) is 36.5 Å². The molecule has 208 valence electrons. The van der Waals surface area contributed by atoms with Crippen LogP contribution in [0.2, 0.25) is 0 Å². The summed E-state index contributed by atoms with van der Waals surface area (Å²) in [6.45, 7) is 1.51. The molecule has 0 aliphatic carbocycles. The number of carbonyl (C=O) groups is 1. The number of anilines is 2. The highest BCUT2D eigenvalue weighted by Gasteiger charge is 2.41.